The number of hydrogen-bond acceptors (Lipinski definition) is 4. The van der Waals surface area contributed by atoms with E-state index in [9.17, 15) is 9.59 Å². The molecule has 0 saturated carbocycles. The maximum absolute atomic E-state index is 13.7. The van der Waals surface area contributed by atoms with Gasteiger partial charge in [-0.15, -0.1) is 0 Å². The number of morpholine rings is 1. The zero-order valence-corrected chi connectivity index (χ0v) is 20.1. The van der Waals surface area contributed by atoms with Crippen molar-refractivity contribution < 1.29 is 19.1 Å². The van der Waals surface area contributed by atoms with Crippen LogP contribution in [0.5, 0.6) is 0 Å². The maximum atomic E-state index is 13.7. The second-order valence-corrected chi connectivity index (χ2v) is 8.61. The number of carbonyl (C=O) groups excluding carboxylic acids is 2. The topological polar surface area (TPSA) is 55.8 Å². The molecule has 1 saturated heterocycles. The minimum absolute atomic E-state index is 0.0710. The molecule has 0 aromatic heterocycles. The van der Waals surface area contributed by atoms with E-state index in [2.05, 4.69) is 11.8 Å². The predicted octanol–water partition coefficient (Wildman–Crippen LogP) is 6.08. The Hall–Kier alpha value is -4.82. The Balaban J connectivity index is 1.57. The van der Waals surface area contributed by atoms with E-state index in [0.717, 1.165) is 22.3 Å². The first-order valence-electron chi connectivity index (χ1n) is 12.1. The Kier molecular flexibility index (Phi) is 7.29. The lowest BCUT2D eigenvalue weighted by atomic mass is 9.91. The molecular formula is C32H25NO4. The van der Waals surface area contributed by atoms with E-state index in [-0.39, 0.29) is 6.61 Å². The van der Waals surface area contributed by atoms with Crippen molar-refractivity contribution in [3.63, 3.8) is 0 Å². The summed E-state index contributed by atoms with van der Waals surface area (Å²) in [5.41, 5.74) is 3.17. The smallest absolute Gasteiger partial charge is 0.412 e. The van der Waals surface area contributed by atoms with Gasteiger partial charge in [0, 0.05) is 5.56 Å². The molecule has 1 aliphatic heterocycles. The lowest BCUT2D eigenvalue weighted by Crippen LogP contribution is -2.53. The first-order valence-corrected chi connectivity index (χ1v) is 12.1. The Morgan fingerprint density at radius 1 is 0.757 bits per heavy atom. The number of rotatable bonds is 4. The molecule has 4 aromatic carbocycles. The summed E-state index contributed by atoms with van der Waals surface area (Å²) in [4.78, 5) is 28.5. The van der Waals surface area contributed by atoms with Gasteiger partial charge in [-0.3, -0.25) is 4.90 Å². The molecule has 0 N–H and O–H groups in total. The predicted molar refractivity (Wildman–Crippen MR) is 140 cm³/mol. The van der Waals surface area contributed by atoms with Crippen molar-refractivity contribution in [2.75, 3.05) is 0 Å². The summed E-state index contributed by atoms with van der Waals surface area (Å²) in [6.45, 7) is 0.0710. The monoisotopic (exact) mass is 487 g/mol. The second-order valence-electron chi connectivity index (χ2n) is 8.61. The summed E-state index contributed by atoms with van der Waals surface area (Å²) >= 11 is 0. The van der Waals surface area contributed by atoms with E-state index in [1.807, 2.05) is 121 Å². The van der Waals surface area contributed by atoms with Crippen molar-refractivity contribution in [1.82, 2.24) is 4.90 Å². The highest BCUT2D eigenvalue weighted by Gasteiger charge is 2.48. The number of cyclic esters (lactones) is 1. The Morgan fingerprint density at radius 3 is 1.92 bits per heavy atom. The van der Waals surface area contributed by atoms with Crippen molar-refractivity contribution in [2.45, 2.75) is 24.8 Å². The molecule has 0 spiro atoms. The first kappa shape index (κ1) is 23.9. The molecular weight excluding hydrogens is 462 g/mol. The quantitative estimate of drug-likeness (QED) is 0.258. The molecule has 0 bridgehead atoms. The average molecular weight is 488 g/mol. The molecule has 1 amide bonds. The SMILES string of the molecule is O=C1O[C@H](c2ccccc2)[C@H](c2ccccc2)N(C(=O)OCc2ccccc2)[C@H]1C#Cc1ccccc1. The van der Waals surface area contributed by atoms with Crippen LogP contribution < -0.4 is 0 Å². The Labute approximate surface area is 216 Å². The molecule has 37 heavy (non-hydrogen) atoms. The third-order valence-electron chi connectivity index (χ3n) is 6.14. The number of esters is 1. The molecule has 0 radical (unpaired) electrons. The van der Waals surface area contributed by atoms with E-state index in [1.54, 1.807) is 0 Å². The molecule has 5 heteroatoms. The maximum Gasteiger partial charge on any atom is 0.412 e. The van der Waals surface area contributed by atoms with E-state index < -0.39 is 30.3 Å². The minimum atomic E-state index is -1.14. The molecule has 3 atom stereocenters. The van der Waals surface area contributed by atoms with Crippen LogP contribution in [0.4, 0.5) is 4.79 Å². The normalized spacial score (nSPS) is 18.8. The van der Waals surface area contributed by atoms with Crippen LogP contribution in [-0.2, 0) is 20.9 Å². The highest BCUT2D eigenvalue weighted by atomic mass is 16.6. The van der Waals surface area contributed by atoms with Crippen LogP contribution in [0.2, 0.25) is 0 Å². The van der Waals surface area contributed by atoms with Crippen LogP contribution in [0.1, 0.15) is 34.4 Å². The van der Waals surface area contributed by atoms with Gasteiger partial charge in [-0.2, -0.15) is 0 Å². The molecule has 1 fully saturated rings. The van der Waals surface area contributed by atoms with Gasteiger partial charge in [0.05, 0.1) is 0 Å². The lowest BCUT2D eigenvalue weighted by molar-refractivity contribution is -0.169. The molecule has 5 rings (SSSR count). The van der Waals surface area contributed by atoms with Crippen molar-refractivity contribution in [3.8, 4) is 11.8 Å². The zero-order chi connectivity index (χ0) is 25.5. The third-order valence-corrected chi connectivity index (χ3v) is 6.14. The van der Waals surface area contributed by atoms with Gasteiger partial charge in [0.2, 0.25) is 0 Å². The minimum Gasteiger partial charge on any atom is -0.453 e. The number of nitrogens with zero attached hydrogens (tertiary/aromatic N) is 1. The fourth-order valence-corrected chi connectivity index (χ4v) is 4.37. The van der Waals surface area contributed by atoms with Crippen molar-refractivity contribution in [2.24, 2.45) is 0 Å². The molecule has 4 aromatic rings. The summed E-state index contributed by atoms with van der Waals surface area (Å²) in [7, 11) is 0. The summed E-state index contributed by atoms with van der Waals surface area (Å²) in [6, 6.07) is 35.9. The molecule has 1 heterocycles. The molecule has 0 unspecified atom stereocenters. The second kappa shape index (κ2) is 11.3. The summed E-state index contributed by atoms with van der Waals surface area (Å²) < 4.78 is 11.7. The van der Waals surface area contributed by atoms with Gasteiger partial charge < -0.3 is 9.47 Å². The van der Waals surface area contributed by atoms with Gasteiger partial charge in [0.15, 0.2) is 12.1 Å². The fourth-order valence-electron chi connectivity index (χ4n) is 4.37. The van der Waals surface area contributed by atoms with Gasteiger partial charge in [-0.1, -0.05) is 121 Å². The van der Waals surface area contributed by atoms with Gasteiger partial charge in [-0.25, -0.2) is 9.59 Å². The largest absolute Gasteiger partial charge is 0.453 e. The van der Waals surface area contributed by atoms with E-state index >= 15 is 0 Å². The van der Waals surface area contributed by atoms with Crippen LogP contribution >= 0.6 is 0 Å². The molecule has 0 aliphatic carbocycles. The van der Waals surface area contributed by atoms with Crippen molar-refractivity contribution in [1.29, 1.82) is 0 Å². The third kappa shape index (κ3) is 5.55. The summed E-state index contributed by atoms with van der Waals surface area (Å²) in [5.74, 6) is 5.42. The highest BCUT2D eigenvalue weighted by molar-refractivity contribution is 5.86. The average Bonchev–Trinajstić information content (AvgIpc) is 2.96. The molecule has 5 nitrogen and oxygen atoms in total. The summed E-state index contributed by atoms with van der Waals surface area (Å²) in [6.07, 6.45) is -1.36. The van der Waals surface area contributed by atoms with Gasteiger partial charge in [0.1, 0.15) is 12.6 Å². The van der Waals surface area contributed by atoms with Crippen LogP contribution in [-0.4, -0.2) is 23.0 Å². The van der Waals surface area contributed by atoms with Gasteiger partial charge in [0.25, 0.3) is 0 Å². The lowest BCUT2D eigenvalue weighted by Gasteiger charge is -2.43. The van der Waals surface area contributed by atoms with E-state index in [4.69, 9.17) is 9.47 Å². The molecule has 1 aliphatic rings. The van der Waals surface area contributed by atoms with Crippen LogP contribution in [0.3, 0.4) is 0 Å². The summed E-state index contributed by atoms with van der Waals surface area (Å²) in [5, 5.41) is 0. The number of hydrogen-bond donors (Lipinski definition) is 0. The van der Waals surface area contributed by atoms with Crippen LogP contribution in [0.25, 0.3) is 0 Å². The van der Waals surface area contributed by atoms with E-state index in [1.165, 1.54) is 4.90 Å². The van der Waals surface area contributed by atoms with Crippen molar-refractivity contribution >= 4 is 12.1 Å². The fraction of sp³-hybridized carbons (Fsp3) is 0.125. The van der Waals surface area contributed by atoms with Crippen LogP contribution in [0.15, 0.2) is 121 Å². The standard InChI is InChI=1S/C32H25NO4/c34-31-28(22-21-24-13-5-1-6-14-24)33(32(35)36-23-25-15-7-2-8-16-25)29(26-17-9-3-10-18-26)30(37-31)27-19-11-4-12-20-27/h1-20,28-30H,23H2/t28-,29-,30+/m0/s1. The van der Waals surface area contributed by atoms with Crippen molar-refractivity contribution in [3.05, 3.63) is 144 Å². The van der Waals surface area contributed by atoms with Gasteiger partial charge >= 0.3 is 12.1 Å². The number of amides is 1. The number of ether oxygens (including phenoxy) is 2. The Morgan fingerprint density at radius 2 is 1.30 bits per heavy atom. The molecule has 182 valence electrons. The number of carbonyl (C=O) groups is 2. The number of benzene rings is 4. The van der Waals surface area contributed by atoms with E-state index in [0.29, 0.717) is 0 Å². The van der Waals surface area contributed by atoms with Gasteiger partial charge in [-0.05, 0) is 28.8 Å². The first-order chi connectivity index (χ1) is 18.2. The zero-order valence-electron chi connectivity index (χ0n) is 20.1. The van der Waals surface area contributed by atoms with Crippen LogP contribution in [0, 0.1) is 11.8 Å². The highest BCUT2D eigenvalue weighted by Crippen LogP contribution is 2.42. The Bertz CT molecular complexity index is 1400.